The number of para-hydroxylation sites is 1. The molecule has 5 atom stereocenters. The van der Waals surface area contributed by atoms with Crippen LogP contribution in [0.4, 0.5) is 0 Å². The van der Waals surface area contributed by atoms with Crippen molar-refractivity contribution in [3.05, 3.63) is 71.4 Å². The minimum absolute atomic E-state index is 0.106. The average molecular weight is 689 g/mol. The van der Waals surface area contributed by atoms with Crippen LogP contribution in [0.2, 0.25) is 0 Å². The summed E-state index contributed by atoms with van der Waals surface area (Å²) in [5.74, 6) is -5.34. The second kappa shape index (κ2) is 16.5. The van der Waals surface area contributed by atoms with Crippen molar-refractivity contribution in [3.8, 4) is 0 Å². The maximum atomic E-state index is 14.5. The molecule has 0 saturated heterocycles. The molecule has 1 aromatic heterocycles. The van der Waals surface area contributed by atoms with Crippen molar-refractivity contribution in [1.29, 1.82) is 0 Å². The highest BCUT2D eigenvalue weighted by atomic mass is 16.4. The van der Waals surface area contributed by atoms with Gasteiger partial charge in [-0.05, 0) is 48.3 Å². The Morgan fingerprint density at radius 1 is 0.900 bits per heavy atom. The summed E-state index contributed by atoms with van der Waals surface area (Å²) in [6.45, 7) is 7.15. The van der Waals surface area contributed by atoms with Gasteiger partial charge in [0.15, 0.2) is 0 Å². The number of H-pyrrole nitrogens is 1. The van der Waals surface area contributed by atoms with E-state index in [1.54, 1.807) is 13.8 Å². The van der Waals surface area contributed by atoms with Crippen LogP contribution >= 0.6 is 0 Å². The quantitative estimate of drug-likeness (QED) is 0.119. The number of carboxylic acid groups (broad SMARTS) is 1. The van der Waals surface area contributed by atoms with Crippen molar-refractivity contribution in [2.45, 2.75) is 96.3 Å². The molecule has 0 fully saturated rings. The number of aryl methyl sites for hydroxylation is 2. The normalized spacial score (nSPS) is 17.9. The van der Waals surface area contributed by atoms with E-state index in [9.17, 15) is 33.9 Å². The van der Waals surface area contributed by atoms with Gasteiger partial charge in [-0.25, -0.2) is 0 Å². The molecule has 0 spiro atoms. The molecule has 2 aromatic carbocycles. The Bertz CT molecular complexity index is 1720. The van der Waals surface area contributed by atoms with Gasteiger partial charge >= 0.3 is 5.97 Å². The van der Waals surface area contributed by atoms with E-state index in [-0.39, 0.29) is 31.1 Å². The highest BCUT2D eigenvalue weighted by molar-refractivity contribution is 5.99. The minimum atomic E-state index is -1.52. The van der Waals surface area contributed by atoms with Crippen LogP contribution in [0, 0.1) is 11.8 Å². The van der Waals surface area contributed by atoms with Gasteiger partial charge in [0.05, 0.1) is 6.42 Å². The zero-order valence-corrected chi connectivity index (χ0v) is 29.0. The van der Waals surface area contributed by atoms with Crippen molar-refractivity contribution in [2.24, 2.45) is 17.6 Å². The fourth-order valence-corrected chi connectivity index (χ4v) is 6.39. The molecule has 3 aromatic rings. The second-order valence-corrected chi connectivity index (χ2v) is 13.5. The molecule has 0 bridgehead atoms. The van der Waals surface area contributed by atoms with Gasteiger partial charge in [-0.3, -0.25) is 28.8 Å². The molecule has 5 amide bonds. The first-order valence-electron chi connectivity index (χ1n) is 17.1. The molecule has 4 rings (SSSR count). The van der Waals surface area contributed by atoms with Crippen LogP contribution in [0.15, 0.2) is 54.6 Å². The summed E-state index contributed by atoms with van der Waals surface area (Å²) in [5.41, 5.74) is 7.50. The summed E-state index contributed by atoms with van der Waals surface area (Å²) in [6, 6.07) is 13.6. The van der Waals surface area contributed by atoms with Crippen LogP contribution in [0.1, 0.15) is 70.2 Å². The number of aliphatic carboxylic acids is 1. The number of carboxylic acids is 1. The molecule has 0 unspecified atom stereocenters. The molecule has 0 saturated carbocycles. The SMILES string of the molecule is CC[C@H](C)[C@H](NC(=O)CCc1ccccc1)C(=O)N[C@]1(C(=O)N[C@H](C(=O)N[C@@H](CC(=O)O)C(N)=O)C(C)C)CCc2[nH]c3ccccc3c2C1. The van der Waals surface area contributed by atoms with E-state index in [0.29, 0.717) is 19.3 Å². The van der Waals surface area contributed by atoms with Crippen molar-refractivity contribution >= 4 is 46.4 Å². The first-order valence-corrected chi connectivity index (χ1v) is 17.1. The topological polar surface area (TPSA) is 213 Å². The van der Waals surface area contributed by atoms with Gasteiger partial charge < -0.3 is 37.1 Å². The number of primary amides is 1. The van der Waals surface area contributed by atoms with Crippen LogP contribution in [0.25, 0.3) is 10.9 Å². The van der Waals surface area contributed by atoms with Gasteiger partial charge in [0.1, 0.15) is 23.7 Å². The van der Waals surface area contributed by atoms with Crippen LogP contribution in [-0.4, -0.2) is 69.3 Å². The fourth-order valence-electron chi connectivity index (χ4n) is 6.39. The molecule has 1 heterocycles. The molecule has 13 nitrogen and oxygen atoms in total. The lowest BCUT2D eigenvalue weighted by Crippen LogP contribution is -2.67. The smallest absolute Gasteiger partial charge is 0.305 e. The number of amides is 5. The maximum absolute atomic E-state index is 14.5. The van der Waals surface area contributed by atoms with Gasteiger partial charge in [-0.1, -0.05) is 82.6 Å². The number of carbonyl (C=O) groups is 6. The number of hydrogen-bond acceptors (Lipinski definition) is 6. The van der Waals surface area contributed by atoms with Gasteiger partial charge in [-0.2, -0.15) is 0 Å². The Hall–Kier alpha value is -5.20. The highest BCUT2D eigenvalue weighted by Gasteiger charge is 2.46. The van der Waals surface area contributed by atoms with E-state index < -0.39 is 65.6 Å². The molecule has 13 heteroatoms. The third kappa shape index (κ3) is 9.07. The van der Waals surface area contributed by atoms with Crippen molar-refractivity contribution in [3.63, 3.8) is 0 Å². The van der Waals surface area contributed by atoms with E-state index in [1.807, 2.05) is 68.4 Å². The van der Waals surface area contributed by atoms with Gasteiger partial charge in [0.2, 0.25) is 29.5 Å². The number of benzene rings is 2. The molecule has 0 aliphatic heterocycles. The number of aromatic nitrogens is 1. The van der Waals surface area contributed by atoms with E-state index in [0.717, 1.165) is 27.7 Å². The highest BCUT2D eigenvalue weighted by Crippen LogP contribution is 2.35. The fraction of sp³-hybridized carbons (Fsp3) is 0.459. The Kier molecular flexibility index (Phi) is 12.4. The third-order valence-electron chi connectivity index (χ3n) is 9.55. The summed E-state index contributed by atoms with van der Waals surface area (Å²) in [6.07, 6.45) is 1.24. The Morgan fingerprint density at radius 2 is 1.58 bits per heavy atom. The molecule has 0 radical (unpaired) electrons. The standard InChI is InChI=1S/C37H48N6O7/c1-5-22(4)32(41-29(44)16-15-23-11-7-6-8-12-23)35(49)43-37(18-17-27-25(20-37)24-13-9-10-14-26(24)39-27)36(50)42-31(21(2)3)34(48)40-28(33(38)47)19-30(45)46/h6-14,21-22,28,31-32,39H,5,15-20H2,1-4H3,(H2,38,47)(H,40,48)(H,41,44)(H,42,50)(H,43,49)(H,45,46)/t22-,28-,31-,32-,37+/m0/s1. The summed E-state index contributed by atoms with van der Waals surface area (Å²) in [5, 5.41) is 21.2. The van der Waals surface area contributed by atoms with Gasteiger partial charge in [-0.15, -0.1) is 0 Å². The van der Waals surface area contributed by atoms with Gasteiger partial charge in [0, 0.05) is 29.4 Å². The minimum Gasteiger partial charge on any atom is -0.481 e. The summed E-state index contributed by atoms with van der Waals surface area (Å²) >= 11 is 0. The monoisotopic (exact) mass is 688 g/mol. The van der Waals surface area contributed by atoms with Crippen LogP contribution < -0.4 is 27.0 Å². The number of hydrogen-bond donors (Lipinski definition) is 7. The van der Waals surface area contributed by atoms with E-state index in [1.165, 1.54) is 0 Å². The summed E-state index contributed by atoms with van der Waals surface area (Å²) in [4.78, 5) is 81.9. The molecule has 1 aliphatic carbocycles. The number of rotatable bonds is 16. The number of aromatic amines is 1. The lowest BCUT2D eigenvalue weighted by atomic mass is 9.78. The van der Waals surface area contributed by atoms with Crippen molar-refractivity contribution < 1.29 is 33.9 Å². The molecule has 1 aliphatic rings. The largest absolute Gasteiger partial charge is 0.481 e. The van der Waals surface area contributed by atoms with E-state index >= 15 is 0 Å². The maximum Gasteiger partial charge on any atom is 0.305 e. The van der Waals surface area contributed by atoms with Crippen LogP contribution in [-0.2, 0) is 48.0 Å². The van der Waals surface area contributed by atoms with Crippen molar-refractivity contribution in [1.82, 2.24) is 26.3 Å². The van der Waals surface area contributed by atoms with E-state index in [2.05, 4.69) is 26.3 Å². The first kappa shape index (κ1) is 37.6. The van der Waals surface area contributed by atoms with Crippen LogP contribution in [0.5, 0.6) is 0 Å². The summed E-state index contributed by atoms with van der Waals surface area (Å²) < 4.78 is 0. The second-order valence-electron chi connectivity index (χ2n) is 13.5. The number of carbonyl (C=O) groups excluding carboxylic acids is 5. The molecular formula is C37H48N6O7. The molecule has 50 heavy (non-hydrogen) atoms. The first-order chi connectivity index (χ1) is 23.7. The Balaban J connectivity index is 1.63. The van der Waals surface area contributed by atoms with E-state index in [4.69, 9.17) is 5.73 Å². The lowest BCUT2D eigenvalue weighted by molar-refractivity contribution is -0.141. The van der Waals surface area contributed by atoms with Gasteiger partial charge in [0.25, 0.3) is 0 Å². The average Bonchev–Trinajstić information content (AvgIpc) is 3.45. The third-order valence-corrected chi connectivity index (χ3v) is 9.55. The van der Waals surface area contributed by atoms with Crippen molar-refractivity contribution in [2.75, 3.05) is 0 Å². The number of fused-ring (bicyclic) bond motifs is 3. The Labute approximate surface area is 291 Å². The molecular weight excluding hydrogens is 640 g/mol. The predicted octanol–water partition coefficient (Wildman–Crippen LogP) is 2.26. The molecule has 268 valence electrons. The lowest BCUT2D eigenvalue weighted by Gasteiger charge is -2.39. The summed E-state index contributed by atoms with van der Waals surface area (Å²) in [7, 11) is 0. The van der Waals surface area contributed by atoms with Crippen LogP contribution in [0.3, 0.4) is 0 Å². The number of nitrogens with two attached hydrogens (primary N) is 1. The zero-order chi connectivity index (χ0) is 36.6. The Morgan fingerprint density at radius 3 is 2.22 bits per heavy atom. The zero-order valence-electron chi connectivity index (χ0n) is 29.0. The predicted molar refractivity (Wildman–Crippen MR) is 187 cm³/mol. The molecule has 8 N–H and O–H groups in total. The number of nitrogens with one attached hydrogen (secondary N) is 5.